The summed E-state index contributed by atoms with van der Waals surface area (Å²) in [4.78, 5) is 28.5. The van der Waals surface area contributed by atoms with Crippen LogP contribution < -0.4 is 10.6 Å². The van der Waals surface area contributed by atoms with E-state index in [1.807, 2.05) is 30.3 Å². The van der Waals surface area contributed by atoms with Gasteiger partial charge in [0, 0.05) is 5.56 Å². The number of ether oxygens (including phenoxy) is 1. The molecule has 7 heteroatoms. The number of rotatable bonds is 6. The first-order chi connectivity index (χ1) is 10.7. The van der Waals surface area contributed by atoms with E-state index >= 15 is 0 Å². The predicted octanol–water partition coefficient (Wildman–Crippen LogP) is 2.14. The summed E-state index contributed by atoms with van der Waals surface area (Å²) in [5.41, 5.74) is 1.32. The fraction of sp³-hybridized carbons (Fsp3) is 0.267. The van der Waals surface area contributed by atoms with Crippen LogP contribution in [0.1, 0.15) is 16.6 Å². The lowest BCUT2D eigenvalue weighted by Crippen LogP contribution is -2.24. The highest BCUT2D eigenvalue weighted by atomic mass is 32.1. The van der Waals surface area contributed by atoms with Gasteiger partial charge in [0.1, 0.15) is 4.88 Å². The minimum Gasteiger partial charge on any atom is -0.462 e. The SMILES string of the molecule is CCOC(=O)c1sc(NC(=O)CNC)nc1-c1ccccc1. The van der Waals surface area contributed by atoms with E-state index in [1.54, 1.807) is 14.0 Å². The van der Waals surface area contributed by atoms with Gasteiger partial charge in [0.15, 0.2) is 5.13 Å². The fourth-order valence-electron chi connectivity index (χ4n) is 1.82. The second kappa shape index (κ2) is 7.67. The summed E-state index contributed by atoms with van der Waals surface area (Å²) in [6.45, 7) is 2.21. The first kappa shape index (κ1) is 16.1. The van der Waals surface area contributed by atoms with Crippen LogP contribution in [0.25, 0.3) is 11.3 Å². The van der Waals surface area contributed by atoms with Gasteiger partial charge in [0.2, 0.25) is 5.91 Å². The van der Waals surface area contributed by atoms with Gasteiger partial charge in [-0.05, 0) is 14.0 Å². The number of hydrogen-bond donors (Lipinski definition) is 2. The molecule has 116 valence electrons. The monoisotopic (exact) mass is 319 g/mol. The Labute approximate surface area is 132 Å². The van der Waals surface area contributed by atoms with Gasteiger partial charge in [-0.15, -0.1) is 0 Å². The van der Waals surface area contributed by atoms with Crippen LogP contribution in [0.3, 0.4) is 0 Å². The number of esters is 1. The number of carbonyl (C=O) groups is 2. The number of amides is 1. The second-order valence-electron chi connectivity index (χ2n) is 4.36. The van der Waals surface area contributed by atoms with Crippen LogP contribution in [-0.4, -0.2) is 37.1 Å². The maximum Gasteiger partial charge on any atom is 0.350 e. The minimum atomic E-state index is -0.437. The van der Waals surface area contributed by atoms with Crippen LogP contribution in [0.15, 0.2) is 30.3 Å². The normalized spacial score (nSPS) is 10.3. The predicted molar refractivity (Wildman–Crippen MR) is 86.1 cm³/mol. The molecule has 1 amide bonds. The molecule has 0 aliphatic heterocycles. The van der Waals surface area contributed by atoms with E-state index in [1.165, 1.54) is 0 Å². The van der Waals surface area contributed by atoms with Gasteiger partial charge in [-0.25, -0.2) is 9.78 Å². The average molecular weight is 319 g/mol. The van der Waals surface area contributed by atoms with E-state index in [0.29, 0.717) is 15.7 Å². The summed E-state index contributed by atoms with van der Waals surface area (Å²) < 4.78 is 5.06. The molecule has 2 aromatic rings. The van der Waals surface area contributed by atoms with Crippen molar-refractivity contribution in [3.05, 3.63) is 35.2 Å². The van der Waals surface area contributed by atoms with Gasteiger partial charge in [0.05, 0.1) is 18.8 Å². The molecule has 1 aromatic heterocycles. The van der Waals surface area contributed by atoms with Crippen molar-refractivity contribution in [2.45, 2.75) is 6.92 Å². The molecule has 6 nitrogen and oxygen atoms in total. The third-order valence-corrected chi connectivity index (χ3v) is 3.67. The highest BCUT2D eigenvalue weighted by Gasteiger charge is 2.21. The molecule has 0 aliphatic carbocycles. The molecule has 0 aliphatic rings. The molecule has 22 heavy (non-hydrogen) atoms. The van der Waals surface area contributed by atoms with Crippen LogP contribution >= 0.6 is 11.3 Å². The molecular formula is C15H17N3O3S. The van der Waals surface area contributed by atoms with Gasteiger partial charge in [-0.2, -0.15) is 0 Å². The Morgan fingerprint density at radius 2 is 2.00 bits per heavy atom. The number of carbonyl (C=O) groups excluding carboxylic acids is 2. The molecule has 0 unspecified atom stereocenters. The molecule has 2 rings (SSSR count). The molecular weight excluding hydrogens is 302 g/mol. The van der Waals surface area contributed by atoms with E-state index in [9.17, 15) is 9.59 Å². The third kappa shape index (κ3) is 3.90. The van der Waals surface area contributed by atoms with Gasteiger partial charge >= 0.3 is 5.97 Å². The standard InChI is InChI=1S/C15H17N3O3S/c1-3-21-14(20)13-12(10-7-5-4-6-8-10)18-15(22-13)17-11(19)9-16-2/h4-8,16H,3,9H2,1-2H3,(H,17,18,19). The molecule has 0 atom stereocenters. The summed E-state index contributed by atoms with van der Waals surface area (Å²) in [5, 5.41) is 5.80. The van der Waals surface area contributed by atoms with Crippen LogP contribution in [0.4, 0.5) is 5.13 Å². The number of nitrogens with zero attached hydrogens (tertiary/aromatic N) is 1. The van der Waals surface area contributed by atoms with E-state index < -0.39 is 5.97 Å². The Morgan fingerprint density at radius 3 is 2.64 bits per heavy atom. The van der Waals surface area contributed by atoms with E-state index in [0.717, 1.165) is 16.9 Å². The highest BCUT2D eigenvalue weighted by molar-refractivity contribution is 7.18. The fourth-order valence-corrected chi connectivity index (χ4v) is 2.72. The van der Waals surface area contributed by atoms with Crippen molar-refractivity contribution < 1.29 is 14.3 Å². The zero-order valence-corrected chi connectivity index (χ0v) is 13.2. The van der Waals surface area contributed by atoms with Crippen molar-refractivity contribution in [2.24, 2.45) is 0 Å². The van der Waals surface area contributed by atoms with Crippen molar-refractivity contribution in [1.82, 2.24) is 10.3 Å². The van der Waals surface area contributed by atoms with E-state index in [4.69, 9.17) is 4.74 Å². The number of thiazole rings is 1. The number of hydrogen-bond acceptors (Lipinski definition) is 6. The number of aromatic nitrogens is 1. The first-order valence-corrected chi connectivity index (χ1v) is 7.65. The first-order valence-electron chi connectivity index (χ1n) is 6.83. The Hall–Kier alpha value is -2.25. The van der Waals surface area contributed by atoms with Gasteiger partial charge in [-0.3, -0.25) is 4.79 Å². The van der Waals surface area contributed by atoms with Crippen molar-refractivity contribution in [2.75, 3.05) is 25.5 Å². The Morgan fingerprint density at radius 1 is 1.27 bits per heavy atom. The lowest BCUT2D eigenvalue weighted by molar-refractivity contribution is -0.115. The maximum absolute atomic E-state index is 12.1. The maximum atomic E-state index is 12.1. The Balaban J connectivity index is 2.35. The summed E-state index contributed by atoms with van der Waals surface area (Å²) in [5.74, 6) is -0.653. The molecule has 0 fully saturated rings. The number of nitrogens with one attached hydrogen (secondary N) is 2. The van der Waals surface area contributed by atoms with Crippen molar-refractivity contribution in [3.63, 3.8) is 0 Å². The van der Waals surface area contributed by atoms with Gasteiger partial charge in [0.25, 0.3) is 0 Å². The van der Waals surface area contributed by atoms with Gasteiger partial charge < -0.3 is 15.4 Å². The molecule has 1 heterocycles. The number of anilines is 1. The Kier molecular flexibility index (Phi) is 5.62. The molecule has 2 N–H and O–H groups in total. The molecule has 0 bridgehead atoms. The van der Waals surface area contributed by atoms with Gasteiger partial charge in [-0.1, -0.05) is 41.7 Å². The summed E-state index contributed by atoms with van der Waals surface area (Å²) in [6.07, 6.45) is 0. The van der Waals surface area contributed by atoms with Crippen LogP contribution in [0.2, 0.25) is 0 Å². The van der Waals surface area contributed by atoms with Crippen molar-refractivity contribution in [3.8, 4) is 11.3 Å². The quantitative estimate of drug-likeness (QED) is 0.797. The van der Waals surface area contributed by atoms with E-state index in [-0.39, 0.29) is 19.1 Å². The van der Waals surface area contributed by atoms with Crippen molar-refractivity contribution >= 4 is 28.3 Å². The van der Waals surface area contributed by atoms with Crippen LogP contribution in [0.5, 0.6) is 0 Å². The zero-order chi connectivity index (χ0) is 15.9. The molecule has 0 saturated heterocycles. The number of likely N-dealkylation sites (N-methyl/N-ethyl adjacent to an activating group) is 1. The third-order valence-electron chi connectivity index (χ3n) is 2.72. The lowest BCUT2D eigenvalue weighted by atomic mass is 10.1. The van der Waals surface area contributed by atoms with Crippen LogP contribution in [-0.2, 0) is 9.53 Å². The Bertz CT molecular complexity index is 655. The molecule has 0 spiro atoms. The van der Waals surface area contributed by atoms with Crippen molar-refractivity contribution in [1.29, 1.82) is 0 Å². The second-order valence-corrected chi connectivity index (χ2v) is 5.36. The van der Waals surface area contributed by atoms with Crippen LogP contribution in [0, 0.1) is 0 Å². The molecule has 1 aromatic carbocycles. The topological polar surface area (TPSA) is 80.3 Å². The smallest absolute Gasteiger partial charge is 0.350 e. The molecule has 0 saturated carbocycles. The summed E-state index contributed by atoms with van der Waals surface area (Å²) in [6, 6.07) is 9.33. The minimum absolute atomic E-state index is 0.176. The summed E-state index contributed by atoms with van der Waals surface area (Å²) in [7, 11) is 1.68. The highest BCUT2D eigenvalue weighted by Crippen LogP contribution is 2.31. The lowest BCUT2D eigenvalue weighted by Gasteiger charge is -2.01. The van der Waals surface area contributed by atoms with E-state index in [2.05, 4.69) is 15.6 Å². The number of benzene rings is 1. The molecule has 0 radical (unpaired) electrons. The average Bonchev–Trinajstić information content (AvgIpc) is 2.92. The largest absolute Gasteiger partial charge is 0.462 e. The zero-order valence-electron chi connectivity index (χ0n) is 12.4. The summed E-state index contributed by atoms with van der Waals surface area (Å²) >= 11 is 1.11.